The molecule has 8 nitrogen and oxygen atoms in total. The fraction of sp³-hybridized carbons (Fsp3) is 0.105. The molecule has 5 rings (SSSR count). The van der Waals surface area contributed by atoms with Gasteiger partial charge in [0.15, 0.2) is 0 Å². The van der Waals surface area contributed by atoms with Crippen molar-refractivity contribution in [2.75, 3.05) is 0 Å². The van der Waals surface area contributed by atoms with Gasteiger partial charge in [-0.25, -0.2) is 0 Å². The number of benzene rings is 2. The molecule has 0 saturated heterocycles. The van der Waals surface area contributed by atoms with Crippen LogP contribution in [0.2, 0.25) is 0 Å². The largest absolute Gasteiger partial charge is 0.406 e. The Morgan fingerprint density at radius 2 is 1.67 bits per heavy atom. The molecule has 0 saturated carbocycles. The number of pyridine rings is 1. The van der Waals surface area contributed by atoms with E-state index in [0.717, 1.165) is 15.7 Å². The minimum Gasteiger partial charge on any atom is -0.298 e. The van der Waals surface area contributed by atoms with Crippen LogP contribution in [0.5, 0.6) is 0 Å². The van der Waals surface area contributed by atoms with Gasteiger partial charge in [0.05, 0.1) is 10.9 Å². The van der Waals surface area contributed by atoms with E-state index < -0.39 is 18.3 Å². The number of alkyl halides is 3. The number of nitrogens with one attached hydrogen (secondary N) is 2. The van der Waals surface area contributed by atoms with E-state index >= 15 is 0 Å². The summed E-state index contributed by atoms with van der Waals surface area (Å²) < 4.78 is 40.3. The third-order valence-electron chi connectivity index (χ3n) is 4.82. The molecule has 0 unspecified atom stereocenters. The molecule has 3 aromatic heterocycles. The quantitative estimate of drug-likeness (QED) is 0.474. The first kappa shape index (κ1) is 18.0. The van der Waals surface area contributed by atoms with Gasteiger partial charge in [-0.3, -0.25) is 14.5 Å². The highest BCUT2D eigenvalue weighted by Crippen LogP contribution is 2.30. The van der Waals surface area contributed by atoms with Crippen LogP contribution in [-0.2, 0) is 6.54 Å². The van der Waals surface area contributed by atoms with Crippen LogP contribution in [0.1, 0.15) is 0 Å². The number of aromatic nitrogens is 7. The lowest BCUT2D eigenvalue weighted by atomic mass is 10.0. The van der Waals surface area contributed by atoms with E-state index in [-0.39, 0.29) is 10.9 Å². The molecule has 0 aliphatic rings. The van der Waals surface area contributed by atoms with Crippen LogP contribution in [0, 0.1) is 0 Å². The molecule has 0 atom stereocenters. The highest BCUT2D eigenvalue weighted by molar-refractivity contribution is 6.04. The molecule has 2 aromatic carbocycles. The molecular formula is C19H12F3N7O. The number of rotatable bonds is 3. The smallest absolute Gasteiger partial charge is 0.298 e. The van der Waals surface area contributed by atoms with E-state index in [4.69, 9.17) is 0 Å². The minimum absolute atomic E-state index is 0.115. The van der Waals surface area contributed by atoms with E-state index in [9.17, 15) is 18.0 Å². The molecule has 0 amide bonds. The van der Waals surface area contributed by atoms with Crippen molar-refractivity contribution in [3.8, 4) is 22.5 Å². The normalized spacial score (nSPS) is 12.1. The zero-order valence-corrected chi connectivity index (χ0v) is 15.1. The van der Waals surface area contributed by atoms with Crippen molar-refractivity contribution in [1.82, 2.24) is 35.4 Å². The molecular weight excluding hydrogens is 399 g/mol. The molecule has 0 radical (unpaired) electrons. The fourth-order valence-corrected chi connectivity index (χ4v) is 3.48. The van der Waals surface area contributed by atoms with Crippen LogP contribution in [0.4, 0.5) is 13.2 Å². The maximum Gasteiger partial charge on any atom is 0.406 e. The predicted molar refractivity (Wildman–Crippen MR) is 103 cm³/mol. The number of hydrogen-bond donors (Lipinski definition) is 2. The summed E-state index contributed by atoms with van der Waals surface area (Å²) in [4.78, 5) is 12.7. The maximum absolute atomic E-state index is 13.2. The summed E-state index contributed by atoms with van der Waals surface area (Å²) in [7, 11) is 0. The molecule has 0 fully saturated rings. The number of H-pyrrole nitrogens is 2. The van der Waals surface area contributed by atoms with Gasteiger partial charge in [0.25, 0.3) is 5.56 Å². The van der Waals surface area contributed by atoms with Gasteiger partial charge < -0.3 is 0 Å². The highest BCUT2D eigenvalue weighted by Gasteiger charge is 2.30. The van der Waals surface area contributed by atoms with Crippen molar-refractivity contribution < 1.29 is 13.2 Å². The summed E-state index contributed by atoms with van der Waals surface area (Å²) in [6.07, 6.45) is -3.23. The number of nitrogens with zero attached hydrogens (tertiary/aromatic N) is 5. The summed E-state index contributed by atoms with van der Waals surface area (Å²) in [5.41, 5.74) is 1.92. The molecule has 5 aromatic rings. The minimum atomic E-state index is -4.55. The Balaban J connectivity index is 1.68. The third kappa shape index (κ3) is 3.00. The lowest BCUT2D eigenvalue weighted by molar-refractivity contribution is -0.140. The zero-order valence-electron chi connectivity index (χ0n) is 15.1. The van der Waals surface area contributed by atoms with Gasteiger partial charge >= 0.3 is 6.18 Å². The van der Waals surface area contributed by atoms with Crippen LogP contribution >= 0.6 is 0 Å². The van der Waals surface area contributed by atoms with Gasteiger partial charge in [0, 0.05) is 17.1 Å². The molecule has 0 spiro atoms. The van der Waals surface area contributed by atoms with Gasteiger partial charge in [0.1, 0.15) is 12.1 Å². The van der Waals surface area contributed by atoms with Crippen molar-refractivity contribution in [2.45, 2.75) is 12.7 Å². The second-order valence-electron chi connectivity index (χ2n) is 6.70. The molecule has 2 N–H and O–H groups in total. The van der Waals surface area contributed by atoms with Gasteiger partial charge in [-0.1, -0.05) is 30.3 Å². The Morgan fingerprint density at radius 1 is 0.933 bits per heavy atom. The Hall–Kier alpha value is -4.02. The van der Waals surface area contributed by atoms with Crippen molar-refractivity contribution in [3.63, 3.8) is 0 Å². The van der Waals surface area contributed by atoms with Gasteiger partial charge in [-0.15, -0.1) is 10.2 Å². The number of aromatic amines is 2. The van der Waals surface area contributed by atoms with E-state index in [2.05, 4.69) is 30.8 Å². The second kappa shape index (κ2) is 6.51. The first-order chi connectivity index (χ1) is 14.4. The topological polar surface area (TPSA) is 105 Å². The van der Waals surface area contributed by atoms with Crippen LogP contribution in [0.15, 0.2) is 53.5 Å². The maximum atomic E-state index is 13.2. The first-order valence-corrected chi connectivity index (χ1v) is 8.82. The Kier molecular flexibility index (Phi) is 3.91. The third-order valence-corrected chi connectivity index (χ3v) is 4.82. The van der Waals surface area contributed by atoms with Crippen molar-refractivity contribution in [2.24, 2.45) is 0 Å². The second-order valence-corrected chi connectivity index (χ2v) is 6.70. The van der Waals surface area contributed by atoms with Crippen molar-refractivity contribution in [3.05, 3.63) is 59.0 Å². The van der Waals surface area contributed by atoms with E-state index in [1.807, 2.05) is 0 Å². The van der Waals surface area contributed by atoms with Crippen molar-refractivity contribution in [1.29, 1.82) is 0 Å². The molecule has 0 bridgehead atoms. The fourth-order valence-electron chi connectivity index (χ4n) is 3.48. The van der Waals surface area contributed by atoms with Crippen LogP contribution in [-0.4, -0.2) is 41.6 Å². The average Bonchev–Trinajstić information content (AvgIpc) is 3.42. The number of tetrazole rings is 1. The Bertz CT molecular complexity index is 1420. The molecule has 0 aliphatic heterocycles. The zero-order chi connectivity index (χ0) is 20.9. The van der Waals surface area contributed by atoms with Crippen LogP contribution < -0.4 is 5.56 Å². The van der Waals surface area contributed by atoms with Crippen molar-refractivity contribution >= 4 is 21.8 Å². The SMILES string of the molecule is O=c1c2c[nH]nc2c2ccc(-c3ccc(-c4nn[nH]n4)cc3)cc2n1CC(F)(F)F. The summed E-state index contributed by atoms with van der Waals surface area (Å²) in [6.45, 7) is -1.39. The number of halogens is 3. The molecule has 11 heteroatoms. The van der Waals surface area contributed by atoms with E-state index in [1.54, 1.807) is 42.5 Å². The highest BCUT2D eigenvalue weighted by atomic mass is 19.4. The first-order valence-electron chi connectivity index (χ1n) is 8.82. The lowest BCUT2D eigenvalue weighted by Gasteiger charge is -2.14. The van der Waals surface area contributed by atoms with E-state index in [0.29, 0.717) is 22.3 Å². The Morgan fingerprint density at radius 3 is 2.37 bits per heavy atom. The average molecular weight is 411 g/mol. The number of fused-ring (bicyclic) bond motifs is 3. The summed E-state index contributed by atoms with van der Waals surface area (Å²) in [5.74, 6) is 0.431. The van der Waals surface area contributed by atoms with Crippen LogP contribution in [0.25, 0.3) is 44.3 Å². The summed E-state index contributed by atoms with van der Waals surface area (Å²) in [5, 5.41) is 20.9. The molecule has 0 aliphatic carbocycles. The monoisotopic (exact) mass is 411 g/mol. The van der Waals surface area contributed by atoms with Gasteiger partial charge in [-0.2, -0.15) is 23.5 Å². The lowest BCUT2D eigenvalue weighted by Crippen LogP contribution is -2.28. The van der Waals surface area contributed by atoms with Crippen LogP contribution in [0.3, 0.4) is 0 Å². The van der Waals surface area contributed by atoms with Gasteiger partial charge in [0.2, 0.25) is 5.82 Å². The molecule has 30 heavy (non-hydrogen) atoms. The molecule has 150 valence electrons. The van der Waals surface area contributed by atoms with Gasteiger partial charge in [-0.05, 0) is 28.5 Å². The number of hydrogen-bond acceptors (Lipinski definition) is 5. The molecule has 3 heterocycles. The predicted octanol–water partition coefficient (Wildman–Crippen LogP) is 3.29. The van der Waals surface area contributed by atoms with E-state index in [1.165, 1.54) is 6.20 Å². The summed E-state index contributed by atoms with van der Waals surface area (Å²) >= 11 is 0. The summed E-state index contributed by atoms with van der Waals surface area (Å²) in [6, 6.07) is 12.2. The standard InChI is InChI=1S/C19H12F3N7O/c20-19(21,22)9-29-15-7-12(5-6-13(15)16-14(18(29)30)8-23-24-16)10-1-3-11(4-2-10)17-25-27-28-26-17/h1-8H,9H2,(H,23,24)(H,25,26,27,28). The Labute approximate surface area is 165 Å².